The number of benzene rings is 1. The number of aryl methyl sites for hydroxylation is 1. The predicted molar refractivity (Wildman–Crippen MR) is 91.4 cm³/mol. The molecule has 1 atom stereocenters. The van der Waals surface area contributed by atoms with Crippen molar-refractivity contribution in [1.29, 1.82) is 0 Å². The molecule has 0 spiro atoms. The third kappa shape index (κ3) is 3.50. The maximum absolute atomic E-state index is 12.4. The summed E-state index contributed by atoms with van der Waals surface area (Å²) in [6.45, 7) is 2.99. The zero-order valence-corrected chi connectivity index (χ0v) is 14.0. The van der Waals surface area contributed by atoms with E-state index < -0.39 is 0 Å². The number of carbonyl (C=O) groups is 1. The number of methoxy groups -OCH3 is 1. The van der Waals surface area contributed by atoms with Crippen molar-refractivity contribution >= 4 is 5.91 Å². The molecular formula is C19H22N2O3. The molecule has 1 aliphatic heterocycles. The van der Waals surface area contributed by atoms with Crippen molar-refractivity contribution in [3.05, 3.63) is 53.3 Å². The zero-order chi connectivity index (χ0) is 16.9. The van der Waals surface area contributed by atoms with E-state index in [0.29, 0.717) is 19.6 Å². The van der Waals surface area contributed by atoms with Gasteiger partial charge in [0.05, 0.1) is 13.0 Å². The molecule has 5 heteroatoms. The zero-order valence-electron chi connectivity index (χ0n) is 14.0. The normalized spacial score (nSPS) is 16.0. The average molecular weight is 326 g/mol. The van der Waals surface area contributed by atoms with Crippen LogP contribution in [0.1, 0.15) is 16.8 Å². The van der Waals surface area contributed by atoms with Gasteiger partial charge in [-0.2, -0.15) is 0 Å². The quantitative estimate of drug-likeness (QED) is 0.916. The number of carbonyl (C=O) groups excluding carboxylic acids is 1. The summed E-state index contributed by atoms with van der Waals surface area (Å²) in [6.07, 6.45) is 3.18. The number of amides is 1. The van der Waals surface area contributed by atoms with Gasteiger partial charge in [-0.15, -0.1) is 0 Å². The lowest BCUT2D eigenvalue weighted by Gasteiger charge is -2.25. The van der Waals surface area contributed by atoms with E-state index in [-0.39, 0.29) is 11.8 Å². The fourth-order valence-corrected chi connectivity index (χ4v) is 2.95. The molecule has 2 aromatic rings. The molecule has 5 nitrogen and oxygen atoms in total. The Morgan fingerprint density at radius 2 is 2.25 bits per heavy atom. The van der Waals surface area contributed by atoms with Crippen molar-refractivity contribution in [3.8, 4) is 11.5 Å². The second kappa shape index (κ2) is 7.34. The lowest BCUT2D eigenvalue weighted by atomic mass is 9.95. The van der Waals surface area contributed by atoms with Crippen LogP contribution in [0.4, 0.5) is 0 Å². The number of fused-ring (bicyclic) bond motifs is 1. The Kier molecular flexibility index (Phi) is 4.99. The first kappa shape index (κ1) is 16.3. The largest absolute Gasteiger partial charge is 0.493 e. The summed E-state index contributed by atoms with van der Waals surface area (Å²) >= 11 is 0. The third-order valence-corrected chi connectivity index (χ3v) is 4.33. The van der Waals surface area contributed by atoms with Gasteiger partial charge >= 0.3 is 0 Å². The first-order valence-corrected chi connectivity index (χ1v) is 8.16. The molecule has 1 aromatic heterocycles. The Morgan fingerprint density at radius 3 is 3.04 bits per heavy atom. The molecule has 0 bridgehead atoms. The molecule has 0 unspecified atom stereocenters. The standard InChI is InChI=1S/C19H22N2O3/c1-13-5-4-9-20-16(13)8-10-21-19(22)15-11-14-6-3-7-17(23-2)18(14)24-12-15/h3-7,9,15H,8,10-12H2,1-2H3,(H,21,22)/t15-/m1/s1. The molecule has 1 aliphatic rings. The highest BCUT2D eigenvalue weighted by Crippen LogP contribution is 2.35. The lowest BCUT2D eigenvalue weighted by Crippen LogP contribution is -2.38. The molecule has 0 saturated heterocycles. The number of ether oxygens (including phenoxy) is 2. The van der Waals surface area contributed by atoms with Crippen molar-refractivity contribution < 1.29 is 14.3 Å². The van der Waals surface area contributed by atoms with E-state index in [2.05, 4.69) is 10.3 Å². The van der Waals surface area contributed by atoms with Gasteiger partial charge in [-0.25, -0.2) is 0 Å². The number of hydrogen-bond acceptors (Lipinski definition) is 4. The molecule has 1 amide bonds. The minimum absolute atomic E-state index is 0.0251. The Bertz CT molecular complexity index is 730. The van der Waals surface area contributed by atoms with Gasteiger partial charge in [0.1, 0.15) is 6.61 Å². The van der Waals surface area contributed by atoms with Crippen LogP contribution in [-0.2, 0) is 17.6 Å². The van der Waals surface area contributed by atoms with E-state index in [0.717, 1.165) is 34.7 Å². The molecule has 0 radical (unpaired) electrons. The average Bonchev–Trinajstić information content (AvgIpc) is 2.62. The van der Waals surface area contributed by atoms with Gasteiger partial charge in [0, 0.05) is 24.9 Å². The summed E-state index contributed by atoms with van der Waals surface area (Å²) in [5.41, 5.74) is 3.18. The second-order valence-corrected chi connectivity index (χ2v) is 5.97. The van der Waals surface area contributed by atoms with Gasteiger partial charge in [-0.05, 0) is 36.6 Å². The number of aromatic nitrogens is 1. The fourth-order valence-electron chi connectivity index (χ4n) is 2.95. The van der Waals surface area contributed by atoms with E-state index >= 15 is 0 Å². The van der Waals surface area contributed by atoms with Crippen molar-refractivity contribution in [2.75, 3.05) is 20.3 Å². The smallest absolute Gasteiger partial charge is 0.226 e. The van der Waals surface area contributed by atoms with Crippen LogP contribution in [0, 0.1) is 12.8 Å². The maximum atomic E-state index is 12.4. The first-order valence-electron chi connectivity index (χ1n) is 8.16. The molecule has 0 aliphatic carbocycles. The van der Waals surface area contributed by atoms with Crippen molar-refractivity contribution in [2.45, 2.75) is 19.8 Å². The second-order valence-electron chi connectivity index (χ2n) is 5.97. The Labute approximate surface area is 142 Å². The Hall–Kier alpha value is -2.56. The van der Waals surface area contributed by atoms with Crippen LogP contribution in [0.15, 0.2) is 36.5 Å². The molecule has 1 aromatic carbocycles. The highest BCUT2D eigenvalue weighted by molar-refractivity contribution is 5.79. The Morgan fingerprint density at radius 1 is 1.38 bits per heavy atom. The third-order valence-electron chi connectivity index (χ3n) is 4.33. The van der Waals surface area contributed by atoms with Gasteiger partial charge in [-0.3, -0.25) is 9.78 Å². The summed E-state index contributed by atoms with van der Waals surface area (Å²) in [7, 11) is 1.62. The van der Waals surface area contributed by atoms with E-state index in [1.807, 2.05) is 37.3 Å². The molecule has 0 saturated carbocycles. The molecule has 0 fully saturated rings. The molecule has 24 heavy (non-hydrogen) atoms. The van der Waals surface area contributed by atoms with Gasteiger partial charge in [0.2, 0.25) is 5.91 Å². The lowest BCUT2D eigenvalue weighted by molar-refractivity contribution is -0.126. The minimum atomic E-state index is -0.172. The van der Waals surface area contributed by atoms with Crippen molar-refractivity contribution in [1.82, 2.24) is 10.3 Å². The van der Waals surface area contributed by atoms with Gasteiger partial charge < -0.3 is 14.8 Å². The van der Waals surface area contributed by atoms with Crippen molar-refractivity contribution in [3.63, 3.8) is 0 Å². The predicted octanol–water partition coefficient (Wildman–Crippen LogP) is 2.31. The summed E-state index contributed by atoms with van der Waals surface area (Å²) in [5.74, 6) is 1.33. The van der Waals surface area contributed by atoms with Crippen LogP contribution in [0.5, 0.6) is 11.5 Å². The molecule has 1 N–H and O–H groups in total. The molecule has 126 valence electrons. The van der Waals surface area contributed by atoms with Crippen LogP contribution < -0.4 is 14.8 Å². The van der Waals surface area contributed by atoms with E-state index in [9.17, 15) is 4.79 Å². The number of pyridine rings is 1. The molecular weight excluding hydrogens is 304 g/mol. The van der Waals surface area contributed by atoms with E-state index in [1.165, 1.54) is 0 Å². The molecule has 2 heterocycles. The number of nitrogens with one attached hydrogen (secondary N) is 1. The van der Waals surface area contributed by atoms with Crippen LogP contribution >= 0.6 is 0 Å². The van der Waals surface area contributed by atoms with Crippen LogP contribution in [0.2, 0.25) is 0 Å². The summed E-state index contributed by atoms with van der Waals surface area (Å²) < 4.78 is 11.1. The van der Waals surface area contributed by atoms with Crippen LogP contribution in [0.25, 0.3) is 0 Å². The van der Waals surface area contributed by atoms with Gasteiger partial charge in [-0.1, -0.05) is 18.2 Å². The fraction of sp³-hybridized carbons (Fsp3) is 0.368. The van der Waals surface area contributed by atoms with Crippen LogP contribution in [-0.4, -0.2) is 31.2 Å². The number of nitrogens with zero attached hydrogens (tertiary/aromatic N) is 1. The summed E-state index contributed by atoms with van der Waals surface area (Å²) in [6, 6.07) is 9.72. The SMILES string of the molecule is COc1cccc2c1OC[C@H](C(=O)NCCc1ncccc1C)C2. The first-order chi connectivity index (χ1) is 11.7. The van der Waals surface area contributed by atoms with Gasteiger partial charge in [0.15, 0.2) is 11.5 Å². The minimum Gasteiger partial charge on any atom is -0.493 e. The Balaban J connectivity index is 1.56. The topological polar surface area (TPSA) is 60.5 Å². The highest BCUT2D eigenvalue weighted by Gasteiger charge is 2.27. The van der Waals surface area contributed by atoms with Crippen LogP contribution in [0.3, 0.4) is 0 Å². The summed E-state index contributed by atoms with van der Waals surface area (Å²) in [5, 5.41) is 3.00. The van der Waals surface area contributed by atoms with E-state index in [1.54, 1.807) is 13.3 Å². The van der Waals surface area contributed by atoms with E-state index in [4.69, 9.17) is 9.47 Å². The molecule has 3 rings (SSSR count). The maximum Gasteiger partial charge on any atom is 0.226 e. The summed E-state index contributed by atoms with van der Waals surface area (Å²) in [4.78, 5) is 16.7. The highest BCUT2D eigenvalue weighted by atomic mass is 16.5. The number of para-hydroxylation sites is 1. The number of hydrogen-bond donors (Lipinski definition) is 1. The number of rotatable bonds is 5. The van der Waals surface area contributed by atoms with Gasteiger partial charge in [0.25, 0.3) is 0 Å². The monoisotopic (exact) mass is 326 g/mol. The van der Waals surface area contributed by atoms with Crippen molar-refractivity contribution in [2.24, 2.45) is 5.92 Å².